The number of aromatic hydroxyl groups is 4. The van der Waals surface area contributed by atoms with Gasteiger partial charge in [-0.05, 0) is 48.5 Å². The molecule has 0 radical (unpaired) electrons. The van der Waals surface area contributed by atoms with Gasteiger partial charge in [0.15, 0.2) is 16.4 Å². The summed E-state index contributed by atoms with van der Waals surface area (Å²) >= 11 is 0. The molecule has 0 saturated carbocycles. The zero-order valence-corrected chi connectivity index (χ0v) is 22.2. The summed E-state index contributed by atoms with van der Waals surface area (Å²) in [5, 5.41) is 43.3. The Morgan fingerprint density at radius 1 is 0.571 bits per heavy atom. The highest BCUT2D eigenvalue weighted by Gasteiger charge is 2.27. The van der Waals surface area contributed by atoms with E-state index in [2.05, 4.69) is 0 Å². The smallest absolute Gasteiger partial charge is 0.197 e. The van der Waals surface area contributed by atoms with Gasteiger partial charge in [-0.25, -0.2) is 0 Å². The maximum Gasteiger partial charge on any atom is 0.197 e. The third kappa shape index (κ3) is 4.22. The van der Waals surface area contributed by atoms with E-state index in [1.807, 2.05) is 0 Å². The fourth-order valence-electron chi connectivity index (χ4n) is 4.87. The first-order valence-corrected chi connectivity index (χ1v) is 12.5. The van der Waals surface area contributed by atoms with E-state index < -0.39 is 39.4 Å². The number of fused-ring (bicyclic) bond motifs is 2. The molecule has 0 unspecified atom stereocenters. The number of benzene rings is 4. The number of phenols is 4. The van der Waals surface area contributed by atoms with E-state index in [0.717, 1.165) is 12.1 Å². The van der Waals surface area contributed by atoms with Crippen molar-refractivity contribution in [2.45, 2.75) is 0 Å². The van der Waals surface area contributed by atoms with Crippen molar-refractivity contribution in [3.05, 3.63) is 93.2 Å². The summed E-state index contributed by atoms with van der Waals surface area (Å²) in [6, 6.07) is 17.7. The highest BCUT2D eigenvalue weighted by atomic mass is 16.5. The molecule has 0 atom stereocenters. The zero-order valence-electron chi connectivity index (χ0n) is 22.2. The van der Waals surface area contributed by atoms with Crippen molar-refractivity contribution in [2.24, 2.45) is 0 Å². The molecule has 0 spiro atoms. The number of methoxy groups -OCH3 is 2. The minimum absolute atomic E-state index is 0.0739. The minimum atomic E-state index is -0.722. The Morgan fingerprint density at radius 3 is 1.62 bits per heavy atom. The first-order chi connectivity index (χ1) is 20.2. The van der Waals surface area contributed by atoms with Crippen molar-refractivity contribution in [1.29, 1.82) is 0 Å². The van der Waals surface area contributed by atoms with Crippen LogP contribution in [0.15, 0.2) is 91.2 Å². The summed E-state index contributed by atoms with van der Waals surface area (Å²) in [7, 11) is 3.03. The van der Waals surface area contributed by atoms with Gasteiger partial charge in [0.2, 0.25) is 0 Å². The molecule has 10 nitrogen and oxygen atoms in total. The minimum Gasteiger partial charge on any atom is -0.507 e. The molecule has 4 aromatic carbocycles. The second kappa shape index (κ2) is 9.93. The van der Waals surface area contributed by atoms with Gasteiger partial charge in [-0.2, -0.15) is 0 Å². The third-order valence-corrected chi connectivity index (χ3v) is 6.93. The molecule has 0 bridgehead atoms. The molecule has 6 rings (SSSR count). The number of hydrogen-bond donors (Lipinski definition) is 4. The van der Waals surface area contributed by atoms with Gasteiger partial charge in [0.05, 0.1) is 25.3 Å². The lowest BCUT2D eigenvalue weighted by atomic mass is 9.96. The number of ether oxygens (including phenoxy) is 2. The SMILES string of the molecule is COc1ccc(-c2cc(=O)c3c(O)c(-c4c(O)cc(O)c5c(=O)cc(-c6ccc(OC)cc6)oc45)c(O)cc3o2)cc1. The van der Waals surface area contributed by atoms with E-state index in [1.54, 1.807) is 48.5 Å². The van der Waals surface area contributed by atoms with Crippen LogP contribution >= 0.6 is 0 Å². The van der Waals surface area contributed by atoms with Gasteiger partial charge in [0.25, 0.3) is 0 Å². The average molecular weight is 567 g/mol. The van der Waals surface area contributed by atoms with E-state index >= 15 is 0 Å². The fraction of sp³-hybridized carbons (Fsp3) is 0.0625. The lowest BCUT2D eigenvalue weighted by molar-refractivity contribution is 0.414. The zero-order chi connectivity index (χ0) is 29.7. The van der Waals surface area contributed by atoms with Crippen LogP contribution in [0.5, 0.6) is 34.5 Å². The molecule has 2 aromatic heterocycles. The van der Waals surface area contributed by atoms with Crippen LogP contribution < -0.4 is 20.3 Å². The van der Waals surface area contributed by atoms with Crippen LogP contribution in [-0.2, 0) is 0 Å². The van der Waals surface area contributed by atoms with Crippen molar-refractivity contribution in [3.8, 4) is 68.3 Å². The van der Waals surface area contributed by atoms with Crippen LogP contribution in [0.3, 0.4) is 0 Å². The molecule has 0 saturated heterocycles. The van der Waals surface area contributed by atoms with Gasteiger partial charge in [-0.1, -0.05) is 0 Å². The van der Waals surface area contributed by atoms with Crippen molar-refractivity contribution in [1.82, 2.24) is 0 Å². The van der Waals surface area contributed by atoms with Gasteiger partial charge < -0.3 is 38.7 Å². The molecule has 0 aliphatic carbocycles. The van der Waals surface area contributed by atoms with Gasteiger partial charge in [-0.3, -0.25) is 9.59 Å². The normalized spacial score (nSPS) is 11.2. The highest BCUT2D eigenvalue weighted by molar-refractivity contribution is 6.06. The van der Waals surface area contributed by atoms with Crippen molar-refractivity contribution in [2.75, 3.05) is 14.2 Å². The predicted molar refractivity (Wildman–Crippen MR) is 155 cm³/mol. The van der Waals surface area contributed by atoms with Gasteiger partial charge in [0.1, 0.15) is 62.4 Å². The Balaban J connectivity index is 1.60. The van der Waals surface area contributed by atoms with Crippen LogP contribution in [0.4, 0.5) is 0 Å². The maximum absolute atomic E-state index is 13.2. The molecule has 0 aliphatic rings. The molecule has 4 N–H and O–H groups in total. The monoisotopic (exact) mass is 566 g/mol. The molecule has 0 amide bonds. The average Bonchev–Trinajstić information content (AvgIpc) is 2.97. The summed E-state index contributed by atoms with van der Waals surface area (Å²) in [6.07, 6.45) is 0. The van der Waals surface area contributed by atoms with E-state index in [4.69, 9.17) is 18.3 Å². The summed E-state index contributed by atoms with van der Waals surface area (Å²) in [4.78, 5) is 26.4. The molecular weight excluding hydrogens is 544 g/mol. The molecular formula is C32H22O10. The van der Waals surface area contributed by atoms with E-state index in [9.17, 15) is 30.0 Å². The number of hydrogen-bond acceptors (Lipinski definition) is 10. The van der Waals surface area contributed by atoms with Gasteiger partial charge in [0, 0.05) is 35.4 Å². The topological polar surface area (TPSA) is 160 Å². The van der Waals surface area contributed by atoms with E-state index in [1.165, 1.54) is 26.4 Å². The second-order valence-corrected chi connectivity index (χ2v) is 9.39. The first kappa shape index (κ1) is 26.3. The van der Waals surface area contributed by atoms with Crippen LogP contribution in [0.25, 0.3) is 55.7 Å². The van der Waals surface area contributed by atoms with Gasteiger partial charge in [-0.15, -0.1) is 0 Å². The fourth-order valence-corrected chi connectivity index (χ4v) is 4.87. The number of rotatable bonds is 5. The predicted octanol–water partition coefficient (Wildman–Crippen LogP) is 5.74. The Kier molecular flexibility index (Phi) is 6.23. The molecule has 6 aromatic rings. The van der Waals surface area contributed by atoms with Crippen molar-refractivity contribution in [3.63, 3.8) is 0 Å². The lowest BCUT2D eigenvalue weighted by Crippen LogP contribution is -2.04. The summed E-state index contributed by atoms with van der Waals surface area (Å²) in [6.45, 7) is 0. The van der Waals surface area contributed by atoms with E-state index in [-0.39, 0.29) is 39.0 Å². The quantitative estimate of drug-likeness (QED) is 0.203. The summed E-state index contributed by atoms with van der Waals surface area (Å²) < 4.78 is 22.2. The second-order valence-electron chi connectivity index (χ2n) is 9.39. The number of phenolic OH excluding ortho intramolecular Hbond substituents is 4. The molecule has 0 aliphatic heterocycles. The largest absolute Gasteiger partial charge is 0.507 e. The Bertz CT molecular complexity index is 2120. The first-order valence-electron chi connectivity index (χ1n) is 12.5. The van der Waals surface area contributed by atoms with Crippen LogP contribution in [-0.4, -0.2) is 34.6 Å². The molecule has 210 valence electrons. The summed E-state index contributed by atoms with van der Waals surface area (Å²) in [5.74, 6) is -1.10. The lowest BCUT2D eigenvalue weighted by Gasteiger charge is -2.15. The van der Waals surface area contributed by atoms with Crippen LogP contribution in [0.2, 0.25) is 0 Å². The summed E-state index contributed by atoms with van der Waals surface area (Å²) in [5.41, 5.74) is -1.43. The molecule has 2 heterocycles. The van der Waals surface area contributed by atoms with Crippen molar-refractivity contribution >= 4 is 21.9 Å². The molecule has 0 fully saturated rings. The Hall–Kier alpha value is -5.90. The van der Waals surface area contributed by atoms with E-state index in [0.29, 0.717) is 22.6 Å². The highest BCUT2D eigenvalue weighted by Crippen LogP contribution is 2.50. The molecule has 42 heavy (non-hydrogen) atoms. The van der Waals surface area contributed by atoms with Crippen LogP contribution in [0, 0.1) is 0 Å². The molecule has 10 heteroatoms. The third-order valence-electron chi connectivity index (χ3n) is 6.93. The Morgan fingerprint density at radius 2 is 1.07 bits per heavy atom. The maximum atomic E-state index is 13.2. The Labute approximate surface area is 236 Å². The standard InChI is InChI=1S/C32H22O10/c1-39-17-7-3-15(4-8-17)24-13-22(36)28-26(41-24)14-23(37)29(31(28)38)30-20(34)11-19(33)27-21(35)12-25(42-32(27)30)16-5-9-18(40-2)10-6-16/h3-14,33-34,37-38H,1-2H3. The van der Waals surface area contributed by atoms with Crippen LogP contribution in [0.1, 0.15) is 0 Å². The van der Waals surface area contributed by atoms with Crippen molar-refractivity contribution < 1.29 is 38.7 Å². The van der Waals surface area contributed by atoms with Gasteiger partial charge >= 0.3 is 0 Å².